The van der Waals surface area contributed by atoms with Crippen LogP contribution in [0.25, 0.3) is 0 Å². The van der Waals surface area contributed by atoms with Gasteiger partial charge in [-0.05, 0) is 29.1 Å². The Labute approximate surface area is 120 Å². The van der Waals surface area contributed by atoms with Gasteiger partial charge in [-0.2, -0.15) is 11.8 Å². The zero-order valence-corrected chi connectivity index (χ0v) is 13.1. The molecular formula is C13H22N2O2S2. The lowest BCUT2D eigenvalue weighted by atomic mass is 10.1. The van der Waals surface area contributed by atoms with E-state index in [4.69, 9.17) is 5.73 Å². The van der Waals surface area contributed by atoms with Gasteiger partial charge in [0.1, 0.15) is 0 Å². The Morgan fingerprint density at radius 1 is 1.26 bits per heavy atom. The Kier molecular flexibility index (Phi) is 6.85. The maximum atomic E-state index is 11.9. The fraction of sp³-hybridized carbons (Fsp3) is 0.538. The zero-order chi connectivity index (χ0) is 14.3. The molecule has 6 heteroatoms. The van der Waals surface area contributed by atoms with Crippen LogP contribution in [0.3, 0.4) is 0 Å². The van der Waals surface area contributed by atoms with Gasteiger partial charge >= 0.3 is 0 Å². The summed E-state index contributed by atoms with van der Waals surface area (Å²) >= 11 is 1.72. The van der Waals surface area contributed by atoms with Crippen LogP contribution in [0.4, 0.5) is 0 Å². The van der Waals surface area contributed by atoms with E-state index in [1.54, 1.807) is 11.8 Å². The molecule has 1 rings (SSSR count). The highest BCUT2D eigenvalue weighted by Gasteiger charge is 2.12. The lowest BCUT2D eigenvalue weighted by molar-refractivity contribution is 0.562. The number of nitrogens with one attached hydrogen (secondary N) is 1. The first-order valence-corrected chi connectivity index (χ1v) is 9.25. The second-order valence-electron chi connectivity index (χ2n) is 4.69. The van der Waals surface area contributed by atoms with Crippen LogP contribution in [-0.4, -0.2) is 27.0 Å². The third-order valence-electron chi connectivity index (χ3n) is 2.72. The molecule has 0 saturated carbocycles. The Morgan fingerprint density at radius 3 is 2.37 bits per heavy atom. The van der Waals surface area contributed by atoms with E-state index in [-0.39, 0.29) is 5.75 Å². The van der Waals surface area contributed by atoms with Crippen molar-refractivity contribution in [3.8, 4) is 0 Å². The molecule has 1 unspecified atom stereocenters. The average Bonchev–Trinajstić information content (AvgIpc) is 2.37. The van der Waals surface area contributed by atoms with Gasteiger partial charge in [0.15, 0.2) is 0 Å². The van der Waals surface area contributed by atoms with Crippen molar-refractivity contribution in [2.45, 2.75) is 19.2 Å². The normalized spacial score (nSPS) is 13.4. The van der Waals surface area contributed by atoms with Crippen molar-refractivity contribution < 1.29 is 8.42 Å². The van der Waals surface area contributed by atoms with Crippen LogP contribution in [-0.2, 0) is 22.3 Å². The van der Waals surface area contributed by atoms with Crippen LogP contribution in [0.15, 0.2) is 24.3 Å². The first-order valence-electron chi connectivity index (χ1n) is 6.21. The molecule has 0 aromatic heterocycles. The van der Waals surface area contributed by atoms with Crippen molar-refractivity contribution >= 4 is 21.8 Å². The van der Waals surface area contributed by atoms with E-state index in [2.05, 4.69) is 4.72 Å². The highest BCUT2D eigenvalue weighted by molar-refractivity contribution is 7.98. The summed E-state index contributed by atoms with van der Waals surface area (Å²) in [6.45, 7) is 3.00. The molecule has 3 N–H and O–H groups in total. The summed E-state index contributed by atoms with van der Waals surface area (Å²) < 4.78 is 26.5. The second kappa shape index (κ2) is 7.89. The monoisotopic (exact) mass is 302 g/mol. The standard InChI is InChI=1S/C13H22N2O2S2/c1-11(9-18-2)8-15-19(16,17)10-13-5-3-12(7-14)4-6-13/h3-6,11,15H,7-10,14H2,1-2H3. The molecule has 1 atom stereocenters. The second-order valence-corrected chi connectivity index (χ2v) is 7.41. The molecule has 0 saturated heterocycles. The predicted octanol–water partition coefficient (Wildman–Crippen LogP) is 1.56. The molecule has 0 heterocycles. The maximum Gasteiger partial charge on any atom is 0.215 e. The molecule has 1 aromatic rings. The van der Waals surface area contributed by atoms with Crippen molar-refractivity contribution in [3.63, 3.8) is 0 Å². The molecule has 4 nitrogen and oxygen atoms in total. The molecule has 108 valence electrons. The molecule has 0 aliphatic heterocycles. The van der Waals surface area contributed by atoms with Crippen molar-refractivity contribution in [1.29, 1.82) is 0 Å². The van der Waals surface area contributed by atoms with Gasteiger partial charge in [0, 0.05) is 13.1 Å². The molecule has 0 amide bonds. The summed E-state index contributed by atoms with van der Waals surface area (Å²) in [5.74, 6) is 1.31. The van der Waals surface area contributed by atoms with Crippen molar-refractivity contribution in [2.75, 3.05) is 18.6 Å². The lowest BCUT2D eigenvalue weighted by Gasteiger charge is -2.12. The molecule has 0 aliphatic rings. The summed E-state index contributed by atoms with van der Waals surface area (Å²) in [4.78, 5) is 0. The Hall–Kier alpha value is -0.560. The van der Waals surface area contributed by atoms with E-state index in [0.717, 1.165) is 16.9 Å². The Balaban J connectivity index is 2.53. The van der Waals surface area contributed by atoms with Gasteiger partial charge in [-0.15, -0.1) is 0 Å². The molecular weight excluding hydrogens is 280 g/mol. The quantitative estimate of drug-likeness (QED) is 0.764. The van der Waals surface area contributed by atoms with Crippen LogP contribution in [0.1, 0.15) is 18.1 Å². The number of rotatable bonds is 8. The lowest BCUT2D eigenvalue weighted by Crippen LogP contribution is -2.30. The first kappa shape index (κ1) is 16.5. The molecule has 0 spiro atoms. The average molecular weight is 302 g/mol. The highest BCUT2D eigenvalue weighted by Crippen LogP contribution is 2.08. The molecule has 1 aromatic carbocycles. The van der Waals surface area contributed by atoms with Crippen LogP contribution in [0, 0.1) is 5.92 Å². The smallest absolute Gasteiger partial charge is 0.215 e. The van der Waals surface area contributed by atoms with Gasteiger partial charge in [0.25, 0.3) is 0 Å². The Morgan fingerprint density at radius 2 is 1.84 bits per heavy atom. The largest absolute Gasteiger partial charge is 0.326 e. The summed E-state index contributed by atoms with van der Waals surface area (Å²) in [6.07, 6.45) is 2.02. The zero-order valence-electron chi connectivity index (χ0n) is 11.4. The number of nitrogens with two attached hydrogens (primary N) is 1. The Bertz CT molecular complexity index is 472. The molecule has 0 aliphatic carbocycles. The predicted molar refractivity (Wildman–Crippen MR) is 82.5 cm³/mol. The highest BCUT2D eigenvalue weighted by atomic mass is 32.2. The van der Waals surface area contributed by atoms with Crippen LogP contribution < -0.4 is 10.5 Å². The van der Waals surface area contributed by atoms with Gasteiger partial charge in [0.2, 0.25) is 10.0 Å². The first-order chi connectivity index (χ1) is 8.96. The van der Waals surface area contributed by atoms with E-state index in [1.165, 1.54) is 0 Å². The van der Waals surface area contributed by atoms with Gasteiger partial charge in [-0.25, -0.2) is 13.1 Å². The SMILES string of the molecule is CSCC(C)CNS(=O)(=O)Cc1ccc(CN)cc1. The minimum absolute atomic E-state index is 0.0177. The van der Waals surface area contributed by atoms with Crippen LogP contribution in [0.2, 0.25) is 0 Å². The van der Waals surface area contributed by atoms with Crippen molar-refractivity contribution in [3.05, 3.63) is 35.4 Å². The van der Waals surface area contributed by atoms with Gasteiger partial charge in [-0.3, -0.25) is 0 Å². The van der Waals surface area contributed by atoms with Crippen LogP contribution >= 0.6 is 11.8 Å². The molecule has 0 radical (unpaired) electrons. The third-order valence-corrected chi connectivity index (χ3v) is 4.94. The number of hydrogen-bond acceptors (Lipinski definition) is 4. The number of hydrogen-bond donors (Lipinski definition) is 2. The number of benzene rings is 1. The van der Waals surface area contributed by atoms with E-state index >= 15 is 0 Å². The molecule has 0 fully saturated rings. The summed E-state index contributed by atoms with van der Waals surface area (Å²) in [5, 5.41) is 0. The minimum atomic E-state index is -3.26. The van der Waals surface area contributed by atoms with E-state index in [1.807, 2.05) is 37.4 Å². The summed E-state index contributed by atoms with van der Waals surface area (Å²) in [6, 6.07) is 7.35. The van der Waals surface area contributed by atoms with E-state index < -0.39 is 10.0 Å². The summed E-state index contributed by atoms with van der Waals surface area (Å²) in [5.41, 5.74) is 7.29. The fourth-order valence-electron chi connectivity index (χ4n) is 1.65. The van der Waals surface area contributed by atoms with Gasteiger partial charge in [-0.1, -0.05) is 31.2 Å². The summed E-state index contributed by atoms with van der Waals surface area (Å²) in [7, 11) is -3.26. The van der Waals surface area contributed by atoms with Gasteiger partial charge in [0.05, 0.1) is 5.75 Å². The maximum absolute atomic E-state index is 11.9. The fourth-order valence-corrected chi connectivity index (χ4v) is 3.61. The van der Waals surface area contributed by atoms with Crippen molar-refractivity contribution in [1.82, 2.24) is 4.72 Å². The minimum Gasteiger partial charge on any atom is -0.326 e. The van der Waals surface area contributed by atoms with Crippen LogP contribution in [0.5, 0.6) is 0 Å². The van der Waals surface area contributed by atoms with Crippen molar-refractivity contribution in [2.24, 2.45) is 11.7 Å². The number of thioether (sulfide) groups is 1. The van der Waals surface area contributed by atoms with Gasteiger partial charge < -0.3 is 5.73 Å². The van der Waals surface area contributed by atoms with E-state index in [9.17, 15) is 8.42 Å². The van der Waals surface area contributed by atoms with E-state index in [0.29, 0.717) is 19.0 Å². The number of sulfonamides is 1. The molecule has 0 bridgehead atoms. The topological polar surface area (TPSA) is 72.2 Å². The molecule has 19 heavy (non-hydrogen) atoms. The third kappa shape index (κ3) is 6.42.